The quantitative estimate of drug-likeness (QED) is 0.282. The molecule has 0 unspecified atom stereocenters. The molecule has 0 bridgehead atoms. The van der Waals surface area contributed by atoms with Crippen molar-refractivity contribution >= 4 is 16.0 Å². The van der Waals surface area contributed by atoms with Crippen molar-refractivity contribution < 1.29 is 28.2 Å². The van der Waals surface area contributed by atoms with Gasteiger partial charge in [-0.1, -0.05) is 17.4 Å². The van der Waals surface area contributed by atoms with Crippen LogP contribution in [0.15, 0.2) is 47.5 Å². The smallest absolute Gasteiger partial charge is 0.305 e. The second-order valence-corrected chi connectivity index (χ2v) is 9.42. The maximum Gasteiger partial charge on any atom is 0.305 e. The summed E-state index contributed by atoms with van der Waals surface area (Å²) in [5.74, 6) is -0.853. The summed E-state index contributed by atoms with van der Waals surface area (Å²) in [5, 5.41) is 34.4. The van der Waals surface area contributed by atoms with Crippen molar-refractivity contribution in [3.63, 3.8) is 0 Å². The van der Waals surface area contributed by atoms with Gasteiger partial charge in [0.25, 0.3) is 0 Å². The first-order valence-corrected chi connectivity index (χ1v) is 11.9. The normalized spacial score (nSPS) is 23.6. The molecule has 1 fully saturated rings. The summed E-state index contributed by atoms with van der Waals surface area (Å²) in [6, 6.07) is 5.89. The number of hydrogen-bond donors (Lipinski definition) is 3. The molecule has 3 rings (SSSR count). The summed E-state index contributed by atoms with van der Waals surface area (Å²) in [7, 11) is -2.42. The Morgan fingerprint density at radius 3 is 2.62 bits per heavy atom. The van der Waals surface area contributed by atoms with Gasteiger partial charge in [0.15, 0.2) is 0 Å². The van der Waals surface area contributed by atoms with Crippen LogP contribution in [-0.2, 0) is 19.6 Å². The lowest BCUT2D eigenvalue weighted by Crippen LogP contribution is -2.20. The van der Waals surface area contributed by atoms with Crippen molar-refractivity contribution in [2.75, 3.05) is 7.11 Å². The van der Waals surface area contributed by atoms with E-state index < -0.39 is 22.2 Å². The van der Waals surface area contributed by atoms with E-state index in [0.29, 0.717) is 30.6 Å². The molecule has 1 aliphatic carbocycles. The molecule has 0 amide bonds. The highest BCUT2D eigenvalue weighted by Gasteiger charge is 2.43. The molecule has 1 aromatic carbocycles. The number of carbonyl (C=O) groups is 1. The fourth-order valence-corrected chi connectivity index (χ4v) is 4.51. The van der Waals surface area contributed by atoms with Crippen molar-refractivity contribution in [2.45, 2.75) is 55.1 Å². The van der Waals surface area contributed by atoms with E-state index in [-0.39, 0.29) is 29.1 Å². The van der Waals surface area contributed by atoms with Crippen LogP contribution in [0.2, 0.25) is 0 Å². The zero-order valence-corrected chi connectivity index (χ0v) is 18.6. The fourth-order valence-electron chi connectivity index (χ4n) is 4.00. The number of hydrogen-bond acceptors (Lipinski definition) is 8. The molecule has 2 aromatic rings. The van der Waals surface area contributed by atoms with E-state index >= 15 is 0 Å². The first kappa shape index (κ1) is 24.1. The monoisotopic (exact) mass is 464 g/mol. The summed E-state index contributed by atoms with van der Waals surface area (Å²) in [5.41, 5.74) is 1.14. The van der Waals surface area contributed by atoms with Crippen LogP contribution in [0.4, 0.5) is 0 Å². The number of nitrogens with two attached hydrogens (primary N) is 1. The van der Waals surface area contributed by atoms with E-state index in [4.69, 9.17) is 5.14 Å². The molecule has 32 heavy (non-hydrogen) atoms. The van der Waals surface area contributed by atoms with Gasteiger partial charge in [0.1, 0.15) is 0 Å². The van der Waals surface area contributed by atoms with Crippen LogP contribution in [0.25, 0.3) is 5.69 Å². The summed E-state index contributed by atoms with van der Waals surface area (Å²) in [4.78, 5) is 11.1. The largest absolute Gasteiger partial charge is 0.469 e. The maximum absolute atomic E-state index is 11.4. The van der Waals surface area contributed by atoms with Gasteiger partial charge in [0.05, 0.1) is 41.8 Å². The highest BCUT2D eigenvalue weighted by Crippen LogP contribution is 2.41. The van der Waals surface area contributed by atoms with E-state index in [1.165, 1.54) is 23.9 Å². The summed E-state index contributed by atoms with van der Waals surface area (Å²) in [6.45, 7) is 0. The number of primary sulfonamides is 1. The van der Waals surface area contributed by atoms with E-state index in [9.17, 15) is 23.4 Å². The van der Waals surface area contributed by atoms with Crippen molar-refractivity contribution in [3.05, 3.63) is 48.3 Å². The molecule has 11 heteroatoms. The molecular formula is C21H28N4O6S. The van der Waals surface area contributed by atoms with Crippen LogP contribution in [0.3, 0.4) is 0 Å². The molecule has 0 saturated heterocycles. The highest BCUT2D eigenvalue weighted by molar-refractivity contribution is 7.89. The molecule has 1 heterocycles. The Labute approximate surface area is 186 Å². The van der Waals surface area contributed by atoms with Crippen molar-refractivity contribution in [2.24, 2.45) is 11.1 Å². The molecule has 1 aliphatic rings. The van der Waals surface area contributed by atoms with Crippen LogP contribution < -0.4 is 5.14 Å². The number of allylic oxidation sites excluding steroid dienone is 2. The van der Waals surface area contributed by atoms with Gasteiger partial charge in [0, 0.05) is 18.8 Å². The topological polar surface area (TPSA) is 158 Å². The average molecular weight is 465 g/mol. The summed E-state index contributed by atoms with van der Waals surface area (Å²) < 4.78 is 28.9. The van der Waals surface area contributed by atoms with Gasteiger partial charge in [-0.25, -0.2) is 18.2 Å². The fraction of sp³-hybridized carbons (Fsp3) is 0.476. The van der Waals surface area contributed by atoms with Crippen LogP contribution in [0, 0.1) is 5.92 Å². The predicted molar refractivity (Wildman–Crippen MR) is 115 cm³/mol. The van der Waals surface area contributed by atoms with Crippen LogP contribution in [-0.4, -0.2) is 58.9 Å². The van der Waals surface area contributed by atoms with Crippen molar-refractivity contribution in [3.8, 4) is 5.69 Å². The first-order chi connectivity index (χ1) is 15.2. The van der Waals surface area contributed by atoms with Gasteiger partial charge < -0.3 is 14.9 Å². The third-order valence-electron chi connectivity index (χ3n) is 5.69. The molecule has 0 aliphatic heterocycles. The number of aliphatic hydroxyl groups is 2. The minimum atomic E-state index is -3.79. The third kappa shape index (κ3) is 5.80. The van der Waals surface area contributed by atoms with E-state index in [1.54, 1.807) is 18.3 Å². The third-order valence-corrected chi connectivity index (χ3v) is 6.62. The van der Waals surface area contributed by atoms with Gasteiger partial charge >= 0.3 is 5.97 Å². The Morgan fingerprint density at radius 1 is 1.25 bits per heavy atom. The molecular weight excluding hydrogens is 436 g/mol. The van der Waals surface area contributed by atoms with Crippen LogP contribution >= 0.6 is 0 Å². The number of methoxy groups -OCH3 is 1. The van der Waals surface area contributed by atoms with E-state index in [0.717, 1.165) is 6.42 Å². The Hall–Kier alpha value is -2.60. The molecule has 10 nitrogen and oxygen atoms in total. The van der Waals surface area contributed by atoms with E-state index in [2.05, 4.69) is 15.0 Å². The second-order valence-electron chi connectivity index (χ2n) is 7.86. The number of sulfonamides is 1. The Bertz CT molecular complexity index is 1050. The number of benzene rings is 1. The van der Waals surface area contributed by atoms with Gasteiger partial charge in [0.2, 0.25) is 10.0 Å². The molecule has 4 N–H and O–H groups in total. The number of nitrogens with zero attached hydrogens (tertiary/aromatic N) is 3. The SMILES string of the molecule is COC(=O)CCC/C=C\C[C@@H]1[C@@H](c2cn(-c3ccc(S(N)(=O)=O)cc3)nn2)[C@H](O)C[C@@H]1O. The zero-order chi connectivity index (χ0) is 23.3. The standard InChI is InChI=1S/C21H28N4O6S/c1-31-20(28)7-5-3-2-4-6-16-18(26)12-19(27)21(16)17-13-25(24-23-17)14-8-10-15(11-9-14)32(22,29)30/h2,4,8-11,13,16,18-19,21,26-27H,3,5-7,12H2,1H3,(H2,22,29,30)/b4-2-/t16-,18-,19+,21-/m0/s1. The highest BCUT2D eigenvalue weighted by atomic mass is 32.2. The van der Waals surface area contributed by atoms with Crippen molar-refractivity contribution in [1.82, 2.24) is 15.0 Å². The molecule has 1 saturated carbocycles. The lowest BCUT2D eigenvalue weighted by atomic mass is 9.88. The lowest BCUT2D eigenvalue weighted by molar-refractivity contribution is -0.140. The molecule has 0 spiro atoms. The number of esters is 1. The van der Waals surface area contributed by atoms with Crippen LogP contribution in [0.1, 0.15) is 43.7 Å². The lowest BCUT2D eigenvalue weighted by Gasteiger charge is -2.20. The minimum absolute atomic E-state index is 0.00522. The Kier molecular flexibility index (Phi) is 7.77. The molecule has 0 radical (unpaired) electrons. The average Bonchev–Trinajstić information content (AvgIpc) is 3.33. The second kappa shape index (κ2) is 10.3. The Balaban J connectivity index is 1.67. The molecule has 174 valence electrons. The maximum atomic E-state index is 11.4. The van der Waals surface area contributed by atoms with Gasteiger partial charge in [-0.3, -0.25) is 4.79 Å². The molecule has 4 atom stereocenters. The molecule has 1 aromatic heterocycles. The van der Waals surface area contributed by atoms with Crippen LogP contribution in [0.5, 0.6) is 0 Å². The first-order valence-electron chi connectivity index (χ1n) is 10.3. The van der Waals surface area contributed by atoms with Crippen molar-refractivity contribution in [1.29, 1.82) is 0 Å². The zero-order valence-electron chi connectivity index (χ0n) is 17.7. The van der Waals surface area contributed by atoms with Gasteiger partial charge in [-0.05, 0) is 49.4 Å². The number of aromatic nitrogens is 3. The summed E-state index contributed by atoms with van der Waals surface area (Å²) in [6.07, 6.45) is 6.72. The number of aliphatic hydroxyl groups excluding tert-OH is 2. The summed E-state index contributed by atoms with van der Waals surface area (Å²) >= 11 is 0. The number of unbranched alkanes of at least 4 members (excludes halogenated alkanes) is 1. The number of rotatable bonds is 9. The van der Waals surface area contributed by atoms with Gasteiger partial charge in [-0.15, -0.1) is 5.10 Å². The van der Waals surface area contributed by atoms with Gasteiger partial charge in [-0.2, -0.15) is 0 Å². The number of ether oxygens (including phenoxy) is 1. The minimum Gasteiger partial charge on any atom is -0.469 e. The Morgan fingerprint density at radius 2 is 1.97 bits per heavy atom. The predicted octanol–water partition coefficient (Wildman–Crippen LogP) is 1.03. The number of carbonyl (C=O) groups excluding carboxylic acids is 1. The van der Waals surface area contributed by atoms with E-state index in [1.807, 2.05) is 12.2 Å².